The van der Waals surface area contributed by atoms with E-state index in [0.29, 0.717) is 5.56 Å². The SMILES string of the molecule is Cc1ccc(-c2csc(N[C@H]3OC(=O)c4ccccc43)n2)cc1C. The summed E-state index contributed by atoms with van der Waals surface area (Å²) in [4.78, 5) is 16.5. The van der Waals surface area contributed by atoms with Crippen molar-refractivity contribution >= 4 is 22.4 Å². The molecular formula is C19H16N2O2S. The second-order valence-electron chi connectivity index (χ2n) is 5.85. The number of thiazole rings is 1. The third-order valence-electron chi connectivity index (χ3n) is 4.25. The maximum atomic E-state index is 11.9. The third-order valence-corrected chi connectivity index (χ3v) is 5.02. The zero-order valence-electron chi connectivity index (χ0n) is 13.4. The summed E-state index contributed by atoms with van der Waals surface area (Å²) in [6, 6.07) is 13.7. The number of hydrogen-bond donors (Lipinski definition) is 1. The quantitative estimate of drug-likeness (QED) is 0.704. The van der Waals surface area contributed by atoms with Crippen molar-refractivity contribution in [1.82, 2.24) is 4.98 Å². The minimum absolute atomic E-state index is 0.297. The predicted octanol–water partition coefficient (Wildman–Crippen LogP) is 4.71. The topological polar surface area (TPSA) is 51.2 Å². The zero-order valence-corrected chi connectivity index (χ0v) is 14.2. The standard InChI is InChI=1S/C19H16N2O2S/c1-11-7-8-13(9-12(11)2)16-10-24-19(20-16)21-17-14-5-3-4-6-15(14)18(22)23-17/h3-10,17H,1-2H3,(H,20,21)/t17-/m0/s1. The number of benzene rings is 2. The van der Waals surface area contributed by atoms with Crippen molar-refractivity contribution in [1.29, 1.82) is 0 Å². The molecule has 4 nitrogen and oxygen atoms in total. The largest absolute Gasteiger partial charge is 0.434 e. The number of esters is 1. The van der Waals surface area contributed by atoms with Crippen molar-refractivity contribution in [2.24, 2.45) is 0 Å². The van der Waals surface area contributed by atoms with Gasteiger partial charge in [0, 0.05) is 16.5 Å². The van der Waals surface area contributed by atoms with E-state index in [4.69, 9.17) is 4.74 Å². The molecule has 0 unspecified atom stereocenters. The first-order chi connectivity index (χ1) is 11.6. The Morgan fingerprint density at radius 2 is 1.96 bits per heavy atom. The molecular weight excluding hydrogens is 320 g/mol. The van der Waals surface area contributed by atoms with Crippen LogP contribution >= 0.6 is 11.3 Å². The number of cyclic esters (lactones) is 1. The van der Waals surface area contributed by atoms with Crippen LogP contribution in [0.5, 0.6) is 0 Å². The van der Waals surface area contributed by atoms with E-state index in [-0.39, 0.29) is 5.97 Å². The average Bonchev–Trinajstić information content (AvgIpc) is 3.17. The van der Waals surface area contributed by atoms with E-state index in [1.165, 1.54) is 22.5 Å². The Kier molecular flexibility index (Phi) is 3.58. The monoisotopic (exact) mass is 336 g/mol. The third kappa shape index (κ3) is 2.57. The molecule has 1 aliphatic heterocycles. The highest BCUT2D eigenvalue weighted by Gasteiger charge is 2.30. The van der Waals surface area contributed by atoms with Gasteiger partial charge in [-0.2, -0.15) is 0 Å². The Hall–Kier alpha value is -2.66. The van der Waals surface area contributed by atoms with Crippen molar-refractivity contribution in [2.45, 2.75) is 20.1 Å². The molecule has 0 spiro atoms. The fourth-order valence-corrected chi connectivity index (χ4v) is 3.48. The molecule has 120 valence electrons. The molecule has 5 heteroatoms. The van der Waals surface area contributed by atoms with Crippen LogP contribution in [-0.2, 0) is 4.74 Å². The molecule has 3 aromatic rings. The summed E-state index contributed by atoms with van der Waals surface area (Å²) in [6.45, 7) is 4.19. The number of anilines is 1. The molecule has 2 aromatic carbocycles. The molecule has 0 fully saturated rings. The van der Waals surface area contributed by atoms with E-state index in [9.17, 15) is 4.79 Å². The van der Waals surface area contributed by atoms with E-state index in [0.717, 1.165) is 22.0 Å². The van der Waals surface area contributed by atoms with Crippen molar-refractivity contribution in [3.05, 3.63) is 70.1 Å². The summed E-state index contributed by atoms with van der Waals surface area (Å²) in [5.74, 6) is -0.297. The van der Waals surface area contributed by atoms with Gasteiger partial charge in [-0.05, 0) is 37.1 Å². The number of ether oxygens (including phenoxy) is 1. The van der Waals surface area contributed by atoms with E-state index in [1.807, 2.05) is 23.6 Å². The lowest BCUT2D eigenvalue weighted by Gasteiger charge is -2.11. The van der Waals surface area contributed by atoms with Gasteiger partial charge in [0.1, 0.15) is 0 Å². The average molecular weight is 336 g/mol. The molecule has 0 saturated heterocycles. The normalized spacial score (nSPS) is 15.9. The summed E-state index contributed by atoms with van der Waals surface area (Å²) in [7, 11) is 0. The molecule has 2 heterocycles. The molecule has 4 rings (SSSR count). The Morgan fingerprint density at radius 3 is 2.79 bits per heavy atom. The van der Waals surface area contributed by atoms with Gasteiger partial charge in [-0.3, -0.25) is 0 Å². The van der Waals surface area contributed by atoms with Crippen molar-refractivity contribution < 1.29 is 9.53 Å². The smallest absolute Gasteiger partial charge is 0.340 e. The highest BCUT2D eigenvalue weighted by molar-refractivity contribution is 7.14. The minimum Gasteiger partial charge on any atom is -0.434 e. The van der Waals surface area contributed by atoms with Gasteiger partial charge >= 0.3 is 5.97 Å². The van der Waals surface area contributed by atoms with E-state index >= 15 is 0 Å². The number of carbonyl (C=O) groups is 1. The van der Waals surface area contributed by atoms with Crippen LogP contribution < -0.4 is 5.32 Å². The van der Waals surface area contributed by atoms with Gasteiger partial charge in [-0.15, -0.1) is 11.3 Å². The van der Waals surface area contributed by atoms with Crippen molar-refractivity contribution in [3.63, 3.8) is 0 Å². The number of fused-ring (bicyclic) bond motifs is 1. The summed E-state index contributed by atoms with van der Waals surface area (Å²) >= 11 is 1.50. The van der Waals surface area contributed by atoms with Gasteiger partial charge in [0.2, 0.25) is 6.23 Å². The van der Waals surface area contributed by atoms with Gasteiger partial charge in [0.05, 0.1) is 11.3 Å². The number of aromatic nitrogens is 1. The Labute approximate surface area is 144 Å². The summed E-state index contributed by atoms with van der Waals surface area (Å²) in [5, 5.41) is 5.95. The first kappa shape index (κ1) is 14.9. The highest BCUT2D eigenvalue weighted by Crippen LogP contribution is 2.33. The number of carbonyl (C=O) groups excluding carboxylic acids is 1. The molecule has 0 saturated carbocycles. The Balaban J connectivity index is 1.58. The Morgan fingerprint density at radius 1 is 1.12 bits per heavy atom. The first-order valence-electron chi connectivity index (χ1n) is 7.71. The van der Waals surface area contributed by atoms with Crippen LogP contribution in [0.4, 0.5) is 5.13 Å². The Bertz CT molecular complexity index is 933. The summed E-state index contributed by atoms with van der Waals surface area (Å²) < 4.78 is 5.40. The molecule has 0 radical (unpaired) electrons. The van der Waals surface area contributed by atoms with Gasteiger partial charge in [0.15, 0.2) is 5.13 Å². The molecule has 1 N–H and O–H groups in total. The molecule has 1 atom stereocenters. The van der Waals surface area contributed by atoms with Crippen LogP contribution in [0.1, 0.15) is 33.3 Å². The molecule has 0 bridgehead atoms. The molecule has 0 aliphatic carbocycles. The number of hydrogen-bond acceptors (Lipinski definition) is 5. The van der Waals surface area contributed by atoms with Crippen LogP contribution in [0.25, 0.3) is 11.3 Å². The molecule has 0 amide bonds. The number of rotatable bonds is 3. The lowest BCUT2D eigenvalue weighted by molar-refractivity contribution is 0.0437. The van der Waals surface area contributed by atoms with Crippen LogP contribution in [0.2, 0.25) is 0 Å². The second-order valence-corrected chi connectivity index (χ2v) is 6.71. The minimum atomic E-state index is -0.479. The highest BCUT2D eigenvalue weighted by atomic mass is 32.1. The lowest BCUT2D eigenvalue weighted by Crippen LogP contribution is -2.09. The van der Waals surface area contributed by atoms with Gasteiger partial charge < -0.3 is 10.1 Å². The zero-order chi connectivity index (χ0) is 16.7. The van der Waals surface area contributed by atoms with Crippen LogP contribution in [0.15, 0.2) is 47.8 Å². The summed E-state index contributed by atoms with van der Waals surface area (Å²) in [6.07, 6.45) is -0.479. The maximum absolute atomic E-state index is 11.9. The molecule has 24 heavy (non-hydrogen) atoms. The fourth-order valence-electron chi connectivity index (χ4n) is 2.74. The first-order valence-corrected chi connectivity index (χ1v) is 8.59. The van der Waals surface area contributed by atoms with Gasteiger partial charge in [-0.1, -0.05) is 30.3 Å². The van der Waals surface area contributed by atoms with E-state index in [2.05, 4.69) is 42.3 Å². The van der Waals surface area contributed by atoms with E-state index < -0.39 is 6.23 Å². The molecule has 1 aliphatic rings. The number of aryl methyl sites for hydroxylation is 2. The second kappa shape index (κ2) is 5.76. The predicted molar refractivity (Wildman–Crippen MR) is 95.2 cm³/mol. The molecule has 1 aromatic heterocycles. The van der Waals surface area contributed by atoms with E-state index in [1.54, 1.807) is 6.07 Å². The number of nitrogens with one attached hydrogen (secondary N) is 1. The van der Waals surface area contributed by atoms with Gasteiger partial charge in [0.25, 0.3) is 0 Å². The fraction of sp³-hybridized carbons (Fsp3) is 0.158. The van der Waals surface area contributed by atoms with Crippen molar-refractivity contribution in [2.75, 3.05) is 5.32 Å². The summed E-state index contributed by atoms with van der Waals surface area (Å²) in [5.41, 5.74) is 5.98. The lowest BCUT2D eigenvalue weighted by atomic mass is 10.1. The van der Waals surface area contributed by atoms with Crippen LogP contribution in [0.3, 0.4) is 0 Å². The van der Waals surface area contributed by atoms with Crippen LogP contribution in [0, 0.1) is 13.8 Å². The number of nitrogens with zero attached hydrogens (tertiary/aromatic N) is 1. The maximum Gasteiger partial charge on any atom is 0.340 e. The van der Waals surface area contributed by atoms with Crippen molar-refractivity contribution in [3.8, 4) is 11.3 Å². The van der Waals surface area contributed by atoms with Gasteiger partial charge in [-0.25, -0.2) is 9.78 Å². The van der Waals surface area contributed by atoms with Crippen LogP contribution in [-0.4, -0.2) is 11.0 Å².